The Morgan fingerprint density at radius 2 is 2.45 bits per heavy atom. The van der Waals surface area contributed by atoms with Crippen molar-refractivity contribution in [3.8, 4) is 0 Å². The van der Waals surface area contributed by atoms with E-state index in [1.54, 1.807) is 18.3 Å². The van der Waals surface area contributed by atoms with E-state index in [1.807, 2.05) is 20.0 Å². The molecule has 4 heteroatoms. The average Bonchev–Trinajstić information content (AvgIpc) is 2.36. The highest BCUT2D eigenvalue weighted by atomic mass is 16.5. The van der Waals surface area contributed by atoms with Crippen molar-refractivity contribution < 1.29 is 4.52 Å². The minimum atomic E-state index is 0.771. The van der Waals surface area contributed by atoms with Crippen molar-refractivity contribution in [2.24, 2.45) is 4.99 Å². The highest BCUT2D eigenvalue weighted by Gasteiger charge is 2.01. The van der Waals surface area contributed by atoms with E-state index in [0.717, 1.165) is 11.6 Å². The van der Waals surface area contributed by atoms with Crippen molar-refractivity contribution in [1.29, 1.82) is 0 Å². The lowest BCUT2D eigenvalue weighted by Gasteiger charge is -2.05. The Bertz CT molecular complexity index is 254. The van der Waals surface area contributed by atoms with Gasteiger partial charge in [0.2, 0.25) is 0 Å². The quantitative estimate of drug-likeness (QED) is 0.471. The van der Waals surface area contributed by atoms with Crippen LogP contribution in [0.3, 0.4) is 0 Å². The van der Waals surface area contributed by atoms with Crippen LogP contribution in [0.2, 0.25) is 0 Å². The van der Waals surface area contributed by atoms with Crippen LogP contribution in [0.15, 0.2) is 15.6 Å². The van der Waals surface area contributed by atoms with Crippen molar-refractivity contribution in [3.05, 3.63) is 11.8 Å². The second kappa shape index (κ2) is 3.18. The highest BCUT2D eigenvalue weighted by molar-refractivity contribution is 5.76. The first-order valence-electron chi connectivity index (χ1n) is 3.32. The number of rotatable bonds is 2. The maximum absolute atomic E-state index is 4.88. The largest absolute Gasteiger partial charge is 0.360 e. The fourth-order valence-corrected chi connectivity index (χ4v) is 0.752. The lowest BCUT2D eigenvalue weighted by Crippen LogP contribution is -2.13. The van der Waals surface area contributed by atoms with Gasteiger partial charge in [0, 0.05) is 20.2 Å². The molecule has 0 atom stereocenters. The molecule has 0 spiro atoms. The van der Waals surface area contributed by atoms with Gasteiger partial charge in [0.05, 0.1) is 6.34 Å². The van der Waals surface area contributed by atoms with E-state index in [9.17, 15) is 0 Å². The summed E-state index contributed by atoms with van der Waals surface area (Å²) in [5, 5.41) is 3.79. The molecule has 1 heterocycles. The Labute approximate surface area is 65.5 Å². The van der Waals surface area contributed by atoms with Crippen LogP contribution in [0.1, 0.15) is 5.76 Å². The van der Waals surface area contributed by atoms with Crippen LogP contribution in [0.25, 0.3) is 0 Å². The zero-order chi connectivity index (χ0) is 8.27. The molecule has 0 N–H and O–H groups in total. The topological polar surface area (TPSA) is 41.6 Å². The van der Waals surface area contributed by atoms with Gasteiger partial charge in [0.15, 0.2) is 5.82 Å². The number of hydrogen-bond acceptors (Lipinski definition) is 3. The standard InChI is InChI=1S/C7H11N3O/c1-6-4-7(9-11-6)10(3)5-8-2/h4-5H,1-3H3. The van der Waals surface area contributed by atoms with Crippen molar-refractivity contribution in [1.82, 2.24) is 5.16 Å². The molecule has 0 aliphatic carbocycles. The average molecular weight is 153 g/mol. The Hall–Kier alpha value is -1.32. The molecule has 11 heavy (non-hydrogen) atoms. The summed E-state index contributed by atoms with van der Waals surface area (Å²) >= 11 is 0. The first-order chi connectivity index (χ1) is 5.24. The van der Waals surface area contributed by atoms with Gasteiger partial charge < -0.3 is 9.42 Å². The summed E-state index contributed by atoms with van der Waals surface area (Å²) in [6, 6.07) is 1.85. The first kappa shape index (κ1) is 7.78. The van der Waals surface area contributed by atoms with Crippen LogP contribution >= 0.6 is 0 Å². The predicted octanol–water partition coefficient (Wildman–Crippen LogP) is 1.08. The number of aromatic nitrogens is 1. The summed E-state index contributed by atoms with van der Waals surface area (Å²) in [7, 11) is 3.58. The molecular weight excluding hydrogens is 142 g/mol. The third-order valence-electron chi connectivity index (χ3n) is 1.27. The summed E-state index contributed by atoms with van der Waals surface area (Å²) in [6.45, 7) is 1.85. The number of anilines is 1. The Morgan fingerprint density at radius 3 is 2.91 bits per heavy atom. The van der Waals surface area contributed by atoms with Gasteiger partial charge in [-0.2, -0.15) is 0 Å². The number of aryl methyl sites for hydroxylation is 1. The van der Waals surface area contributed by atoms with Crippen LogP contribution in [-0.2, 0) is 0 Å². The molecule has 1 aromatic rings. The summed E-state index contributed by atoms with van der Waals surface area (Å²) in [5.41, 5.74) is 0. The Balaban J connectivity index is 2.76. The van der Waals surface area contributed by atoms with Gasteiger partial charge in [-0.15, -0.1) is 0 Å². The van der Waals surface area contributed by atoms with Crippen molar-refractivity contribution in [2.75, 3.05) is 19.0 Å². The molecule has 0 radical (unpaired) electrons. The molecule has 0 aliphatic rings. The second-order valence-electron chi connectivity index (χ2n) is 2.28. The first-order valence-corrected chi connectivity index (χ1v) is 3.32. The lowest BCUT2D eigenvalue weighted by molar-refractivity contribution is 0.399. The SMILES string of the molecule is CN=CN(C)c1cc(C)on1. The molecule has 0 saturated carbocycles. The van der Waals surface area contributed by atoms with E-state index in [-0.39, 0.29) is 0 Å². The molecule has 0 bridgehead atoms. The van der Waals surface area contributed by atoms with Crippen molar-refractivity contribution >= 4 is 12.2 Å². The van der Waals surface area contributed by atoms with Crippen LogP contribution in [0.5, 0.6) is 0 Å². The molecule has 0 unspecified atom stereocenters. The number of hydrogen-bond donors (Lipinski definition) is 0. The van der Waals surface area contributed by atoms with E-state index >= 15 is 0 Å². The maximum Gasteiger partial charge on any atom is 0.177 e. The third kappa shape index (κ3) is 1.80. The van der Waals surface area contributed by atoms with Gasteiger partial charge in [-0.3, -0.25) is 4.99 Å². The van der Waals surface area contributed by atoms with E-state index in [2.05, 4.69) is 10.1 Å². The van der Waals surface area contributed by atoms with Crippen LogP contribution < -0.4 is 4.90 Å². The van der Waals surface area contributed by atoms with E-state index in [4.69, 9.17) is 4.52 Å². The van der Waals surface area contributed by atoms with Crippen molar-refractivity contribution in [2.45, 2.75) is 6.92 Å². The van der Waals surface area contributed by atoms with E-state index < -0.39 is 0 Å². The zero-order valence-corrected chi connectivity index (χ0v) is 6.90. The van der Waals surface area contributed by atoms with Gasteiger partial charge in [-0.05, 0) is 6.92 Å². The molecule has 1 aromatic heterocycles. The van der Waals surface area contributed by atoms with Gasteiger partial charge in [-0.25, -0.2) is 0 Å². The molecule has 60 valence electrons. The minimum absolute atomic E-state index is 0.771. The Morgan fingerprint density at radius 1 is 1.73 bits per heavy atom. The van der Waals surface area contributed by atoms with Gasteiger partial charge >= 0.3 is 0 Å². The number of nitrogens with zero attached hydrogens (tertiary/aromatic N) is 3. The predicted molar refractivity (Wildman–Crippen MR) is 44.1 cm³/mol. The molecule has 0 aromatic carbocycles. The second-order valence-corrected chi connectivity index (χ2v) is 2.28. The van der Waals surface area contributed by atoms with Crippen molar-refractivity contribution in [3.63, 3.8) is 0 Å². The summed E-state index contributed by atoms with van der Waals surface area (Å²) in [6.07, 6.45) is 1.68. The van der Waals surface area contributed by atoms with E-state index in [0.29, 0.717) is 0 Å². The molecule has 0 aliphatic heterocycles. The molecule has 0 amide bonds. The highest BCUT2D eigenvalue weighted by Crippen LogP contribution is 2.09. The fraction of sp³-hybridized carbons (Fsp3) is 0.429. The summed E-state index contributed by atoms with van der Waals surface area (Å²) < 4.78 is 4.88. The molecule has 0 fully saturated rings. The lowest BCUT2D eigenvalue weighted by atomic mass is 10.5. The summed E-state index contributed by atoms with van der Waals surface area (Å²) in [5.74, 6) is 1.57. The molecule has 0 saturated heterocycles. The molecule has 4 nitrogen and oxygen atoms in total. The monoisotopic (exact) mass is 153 g/mol. The maximum atomic E-state index is 4.88. The van der Waals surface area contributed by atoms with Crippen LogP contribution in [0.4, 0.5) is 5.82 Å². The molecular formula is C7H11N3O. The third-order valence-corrected chi connectivity index (χ3v) is 1.27. The smallest absolute Gasteiger partial charge is 0.177 e. The van der Waals surface area contributed by atoms with Gasteiger partial charge in [-0.1, -0.05) is 5.16 Å². The summed E-state index contributed by atoms with van der Waals surface area (Å²) in [4.78, 5) is 5.63. The number of aliphatic imine (C=N–C) groups is 1. The van der Waals surface area contributed by atoms with Crippen LogP contribution in [0, 0.1) is 6.92 Å². The van der Waals surface area contributed by atoms with E-state index in [1.165, 1.54) is 0 Å². The molecule has 1 rings (SSSR count). The Kier molecular flexibility index (Phi) is 2.25. The van der Waals surface area contributed by atoms with Gasteiger partial charge in [0.25, 0.3) is 0 Å². The normalized spacial score (nSPS) is 10.8. The van der Waals surface area contributed by atoms with Gasteiger partial charge in [0.1, 0.15) is 5.76 Å². The minimum Gasteiger partial charge on any atom is -0.360 e. The fourth-order valence-electron chi connectivity index (χ4n) is 0.752. The zero-order valence-electron chi connectivity index (χ0n) is 6.90. The van der Waals surface area contributed by atoms with Crippen LogP contribution in [-0.4, -0.2) is 25.6 Å².